The van der Waals surface area contributed by atoms with Crippen LogP contribution in [0.4, 0.5) is 5.95 Å². The number of hydrogen-bond donors (Lipinski definition) is 1. The smallest absolute Gasteiger partial charge is 0.225 e. The maximum absolute atomic E-state index is 5.37. The Morgan fingerprint density at radius 3 is 1.89 bits per heavy atom. The summed E-state index contributed by atoms with van der Waals surface area (Å²) in [6.07, 6.45) is 12.0. The van der Waals surface area contributed by atoms with Crippen molar-refractivity contribution in [2.24, 2.45) is 0 Å². The Hall–Kier alpha value is -0.540. The second-order valence-electron chi connectivity index (χ2n) is 6.55. The van der Waals surface area contributed by atoms with Crippen LogP contribution in [-0.4, -0.2) is 45.1 Å². The molecule has 4 heterocycles. The fourth-order valence-electron chi connectivity index (χ4n) is 2.84. The molecule has 2 fully saturated rings. The average Bonchev–Trinajstić information content (AvgIpc) is 3.30. The Kier molecular flexibility index (Phi) is 12.4. The lowest BCUT2D eigenvalue weighted by atomic mass is 10.2. The normalized spacial score (nSPS) is 20.4. The first-order valence-electron chi connectivity index (χ1n) is 9.06. The predicted molar refractivity (Wildman–Crippen MR) is 124 cm³/mol. The van der Waals surface area contributed by atoms with E-state index in [1.165, 1.54) is 32.2 Å². The summed E-state index contributed by atoms with van der Waals surface area (Å²) in [6, 6.07) is 1.38. The zero-order valence-electron chi connectivity index (χ0n) is 16.0. The van der Waals surface area contributed by atoms with Crippen molar-refractivity contribution in [3.63, 3.8) is 0 Å². The molecular formula is C18H26Br2Cl2N6. The largest absolute Gasteiger partial charge is 0.338 e. The maximum Gasteiger partial charge on any atom is 0.225 e. The van der Waals surface area contributed by atoms with Crippen LogP contribution in [0.3, 0.4) is 0 Å². The van der Waals surface area contributed by atoms with E-state index in [-0.39, 0.29) is 17.7 Å². The standard InChI is InChI=1S/C9H12BrN3.C5H11N.C4H2BrClN2.ClH/c1-7-3-2-4-13(7)9-11-5-8(10)6-12-9;1-5-3-2-4-6-5;5-3-1-7-4(6)8-2-3;/h5-7H,2-4H2,1H3;5-6H,2-4H2,1H3;1-2H;1H/t7-;5-;;/m11../s1. The molecule has 2 saturated heterocycles. The average molecular weight is 557 g/mol. The molecule has 2 aromatic heterocycles. The van der Waals surface area contributed by atoms with Crippen LogP contribution in [0, 0.1) is 0 Å². The monoisotopic (exact) mass is 554 g/mol. The highest BCUT2D eigenvalue weighted by atomic mass is 79.9. The van der Waals surface area contributed by atoms with E-state index in [0.29, 0.717) is 6.04 Å². The Morgan fingerprint density at radius 1 is 0.964 bits per heavy atom. The van der Waals surface area contributed by atoms with Crippen molar-refractivity contribution in [3.8, 4) is 0 Å². The van der Waals surface area contributed by atoms with E-state index in [1.54, 1.807) is 24.8 Å². The van der Waals surface area contributed by atoms with Gasteiger partial charge in [-0.1, -0.05) is 0 Å². The third-order valence-corrected chi connectivity index (χ3v) is 5.33. The molecule has 1 N–H and O–H groups in total. The van der Waals surface area contributed by atoms with Gasteiger partial charge in [0.25, 0.3) is 0 Å². The van der Waals surface area contributed by atoms with Crippen molar-refractivity contribution in [1.29, 1.82) is 0 Å². The summed E-state index contributed by atoms with van der Waals surface area (Å²) in [4.78, 5) is 18.2. The molecule has 0 amide bonds. The second kappa shape index (κ2) is 13.6. The van der Waals surface area contributed by atoms with Crippen LogP contribution in [0.25, 0.3) is 0 Å². The van der Waals surface area contributed by atoms with Crippen molar-refractivity contribution >= 4 is 61.8 Å². The number of hydrogen-bond acceptors (Lipinski definition) is 6. The molecule has 10 heteroatoms. The summed E-state index contributed by atoms with van der Waals surface area (Å²) in [5, 5.41) is 3.59. The van der Waals surface area contributed by atoms with Gasteiger partial charge in [0.1, 0.15) is 0 Å². The SMILES string of the molecule is C[C@@H]1CCCN1.C[C@@H]1CCCN1c1ncc(Br)cn1.Cl.Clc1ncc(Br)cn1. The molecule has 2 aliphatic rings. The molecule has 0 aliphatic carbocycles. The van der Waals surface area contributed by atoms with Crippen LogP contribution in [-0.2, 0) is 0 Å². The predicted octanol–water partition coefficient (Wildman–Crippen LogP) is 5.30. The van der Waals surface area contributed by atoms with Gasteiger partial charge in [-0.05, 0) is 89.5 Å². The summed E-state index contributed by atoms with van der Waals surface area (Å²) in [5.41, 5.74) is 0. The zero-order valence-corrected chi connectivity index (χ0v) is 20.7. The van der Waals surface area contributed by atoms with Gasteiger partial charge in [-0.2, -0.15) is 0 Å². The van der Waals surface area contributed by atoms with Gasteiger partial charge in [0.2, 0.25) is 11.2 Å². The van der Waals surface area contributed by atoms with E-state index >= 15 is 0 Å². The summed E-state index contributed by atoms with van der Waals surface area (Å²) in [6.45, 7) is 6.77. The van der Waals surface area contributed by atoms with E-state index in [4.69, 9.17) is 11.6 Å². The first kappa shape index (κ1) is 25.5. The minimum absolute atomic E-state index is 0. The molecule has 0 aromatic carbocycles. The molecule has 0 spiro atoms. The molecule has 0 radical (unpaired) electrons. The highest BCUT2D eigenvalue weighted by Crippen LogP contribution is 2.21. The van der Waals surface area contributed by atoms with Gasteiger partial charge in [-0.25, -0.2) is 19.9 Å². The van der Waals surface area contributed by atoms with Gasteiger partial charge in [-0.3, -0.25) is 0 Å². The maximum atomic E-state index is 5.37. The summed E-state index contributed by atoms with van der Waals surface area (Å²) in [5.74, 6) is 0.855. The number of rotatable bonds is 1. The Labute approximate surface area is 195 Å². The zero-order chi connectivity index (χ0) is 19.6. The lowest BCUT2D eigenvalue weighted by Crippen LogP contribution is -2.27. The van der Waals surface area contributed by atoms with Gasteiger partial charge >= 0.3 is 0 Å². The number of nitrogens with zero attached hydrogens (tertiary/aromatic N) is 5. The molecule has 28 heavy (non-hydrogen) atoms. The van der Waals surface area contributed by atoms with Crippen LogP contribution in [0.15, 0.2) is 33.7 Å². The van der Waals surface area contributed by atoms with Crippen molar-refractivity contribution < 1.29 is 0 Å². The Morgan fingerprint density at radius 2 is 1.54 bits per heavy atom. The van der Waals surface area contributed by atoms with Crippen LogP contribution in [0.5, 0.6) is 0 Å². The highest BCUT2D eigenvalue weighted by Gasteiger charge is 2.22. The van der Waals surface area contributed by atoms with Crippen LogP contribution >= 0.6 is 55.9 Å². The molecular weight excluding hydrogens is 531 g/mol. The van der Waals surface area contributed by atoms with Gasteiger partial charge in [0, 0.05) is 43.4 Å². The molecule has 4 rings (SSSR count). The number of halogens is 4. The summed E-state index contributed by atoms with van der Waals surface area (Å²) < 4.78 is 1.77. The number of nitrogens with one attached hydrogen (secondary N) is 1. The number of anilines is 1. The fourth-order valence-corrected chi connectivity index (χ4v) is 3.35. The van der Waals surface area contributed by atoms with Crippen molar-refractivity contribution in [2.45, 2.75) is 51.6 Å². The quantitative estimate of drug-likeness (QED) is 0.481. The minimum Gasteiger partial charge on any atom is -0.338 e. The van der Waals surface area contributed by atoms with Gasteiger partial charge in [0.05, 0.1) is 8.95 Å². The van der Waals surface area contributed by atoms with Gasteiger partial charge in [0.15, 0.2) is 0 Å². The molecule has 0 unspecified atom stereocenters. The fraction of sp³-hybridized carbons (Fsp3) is 0.556. The molecule has 0 saturated carbocycles. The molecule has 0 bridgehead atoms. The van der Waals surface area contributed by atoms with Crippen molar-refractivity contribution in [1.82, 2.24) is 25.3 Å². The van der Waals surface area contributed by atoms with Crippen molar-refractivity contribution in [3.05, 3.63) is 39.0 Å². The van der Waals surface area contributed by atoms with E-state index in [0.717, 1.165) is 27.5 Å². The summed E-state index contributed by atoms with van der Waals surface area (Å²) in [7, 11) is 0. The Bertz CT molecular complexity index is 648. The van der Waals surface area contributed by atoms with Gasteiger partial charge in [-0.15, -0.1) is 12.4 Å². The van der Waals surface area contributed by atoms with Crippen molar-refractivity contribution in [2.75, 3.05) is 18.0 Å². The highest BCUT2D eigenvalue weighted by molar-refractivity contribution is 9.10. The van der Waals surface area contributed by atoms with E-state index in [9.17, 15) is 0 Å². The third-order valence-electron chi connectivity index (χ3n) is 4.31. The Balaban J connectivity index is 0.000000225. The first-order valence-corrected chi connectivity index (χ1v) is 11.0. The first-order chi connectivity index (χ1) is 13.0. The van der Waals surface area contributed by atoms with Crippen LogP contribution in [0.1, 0.15) is 39.5 Å². The lowest BCUT2D eigenvalue weighted by molar-refractivity contribution is 0.664. The second-order valence-corrected chi connectivity index (χ2v) is 8.72. The topological polar surface area (TPSA) is 66.8 Å². The molecule has 2 atom stereocenters. The molecule has 156 valence electrons. The van der Waals surface area contributed by atoms with Gasteiger partial charge < -0.3 is 10.2 Å². The van der Waals surface area contributed by atoms with Crippen LogP contribution < -0.4 is 10.2 Å². The molecule has 2 aliphatic heterocycles. The molecule has 6 nitrogen and oxygen atoms in total. The van der Waals surface area contributed by atoms with E-state index in [2.05, 4.69) is 75.9 Å². The third kappa shape index (κ3) is 9.31. The minimum atomic E-state index is 0. The lowest BCUT2D eigenvalue weighted by Gasteiger charge is -2.20. The van der Waals surface area contributed by atoms with Crippen LogP contribution in [0.2, 0.25) is 5.28 Å². The molecule has 2 aromatic rings. The number of aromatic nitrogens is 4. The summed E-state index contributed by atoms with van der Waals surface area (Å²) >= 11 is 11.9. The van der Waals surface area contributed by atoms with E-state index in [1.807, 2.05) is 0 Å². The van der Waals surface area contributed by atoms with E-state index < -0.39 is 0 Å².